The van der Waals surface area contributed by atoms with Crippen LogP contribution < -0.4 is 5.32 Å². The molecule has 112 valence electrons. The zero-order valence-corrected chi connectivity index (χ0v) is 13.2. The molecule has 0 spiro atoms. The fraction of sp³-hybridized carbons (Fsp3) is 0.571. The van der Waals surface area contributed by atoms with E-state index in [2.05, 4.69) is 10.3 Å². The minimum absolute atomic E-state index is 0.207. The second-order valence-corrected chi connectivity index (χ2v) is 5.62. The third-order valence-corrected chi connectivity index (χ3v) is 2.99. The van der Waals surface area contributed by atoms with Crippen molar-refractivity contribution in [2.45, 2.75) is 33.3 Å². The number of hydrogen-bond acceptors (Lipinski definition) is 4. The molecule has 2 N–H and O–H groups in total. The number of aliphatic hydroxyl groups is 1. The van der Waals surface area contributed by atoms with Crippen molar-refractivity contribution in [3.05, 3.63) is 22.8 Å². The number of hydrogen-bond donors (Lipinski definition) is 2. The van der Waals surface area contributed by atoms with Crippen LogP contribution in [0, 0.1) is 0 Å². The summed E-state index contributed by atoms with van der Waals surface area (Å²) in [4.78, 5) is 18.2. The molecule has 1 heterocycles. The number of rotatable bonds is 6. The molecule has 1 aromatic rings. The standard InChI is InChI=1S/C14H22ClN3O2/c1-5-16-12-7-10(11(15)8-17-12)13(19)18(6-2)9-14(3,4)20/h7-8,20H,5-6,9H2,1-4H3,(H,16,17). The quantitative estimate of drug-likeness (QED) is 0.846. The Bertz CT molecular complexity index is 472. The van der Waals surface area contributed by atoms with Crippen molar-refractivity contribution >= 4 is 23.3 Å². The van der Waals surface area contributed by atoms with Crippen LogP contribution in [-0.4, -0.2) is 46.1 Å². The molecule has 0 radical (unpaired) electrons. The van der Waals surface area contributed by atoms with Gasteiger partial charge >= 0.3 is 0 Å². The van der Waals surface area contributed by atoms with Gasteiger partial charge in [0.2, 0.25) is 0 Å². The maximum absolute atomic E-state index is 12.5. The topological polar surface area (TPSA) is 65.5 Å². The molecule has 0 bridgehead atoms. The van der Waals surface area contributed by atoms with E-state index in [0.29, 0.717) is 29.5 Å². The SMILES string of the molecule is CCNc1cc(C(=O)N(CC)CC(C)(C)O)c(Cl)cn1. The van der Waals surface area contributed by atoms with Crippen LogP contribution in [0.2, 0.25) is 5.02 Å². The maximum atomic E-state index is 12.5. The van der Waals surface area contributed by atoms with Gasteiger partial charge in [-0.3, -0.25) is 4.79 Å². The Balaban J connectivity index is 3.02. The predicted molar refractivity (Wildman–Crippen MR) is 81.3 cm³/mol. The summed E-state index contributed by atoms with van der Waals surface area (Å²) in [7, 11) is 0. The van der Waals surface area contributed by atoms with Gasteiger partial charge in [-0.25, -0.2) is 4.98 Å². The molecule has 1 aromatic heterocycles. The van der Waals surface area contributed by atoms with Crippen molar-refractivity contribution in [1.82, 2.24) is 9.88 Å². The second kappa shape index (κ2) is 6.90. The molecule has 0 aromatic carbocycles. The van der Waals surface area contributed by atoms with Gasteiger partial charge in [-0.05, 0) is 33.8 Å². The summed E-state index contributed by atoms with van der Waals surface area (Å²) in [6, 6.07) is 1.64. The Labute approximate surface area is 125 Å². The van der Waals surface area contributed by atoms with Gasteiger partial charge in [-0.1, -0.05) is 11.6 Å². The van der Waals surface area contributed by atoms with Crippen LogP contribution in [-0.2, 0) is 0 Å². The number of anilines is 1. The van der Waals surface area contributed by atoms with Gasteiger partial charge in [0.1, 0.15) is 5.82 Å². The zero-order chi connectivity index (χ0) is 15.3. The Morgan fingerprint density at radius 1 is 1.50 bits per heavy atom. The van der Waals surface area contributed by atoms with Crippen molar-refractivity contribution in [3.63, 3.8) is 0 Å². The van der Waals surface area contributed by atoms with Crippen LogP contribution in [0.4, 0.5) is 5.82 Å². The molecule has 6 heteroatoms. The predicted octanol–water partition coefficient (Wildman–Crippen LogP) is 2.40. The summed E-state index contributed by atoms with van der Waals surface area (Å²) < 4.78 is 0. The van der Waals surface area contributed by atoms with Crippen molar-refractivity contribution < 1.29 is 9.90 Å². The number of nitrogens with zero attached hydrogens (tertiary/aromatic N) is 2. The molecule has 0 atom stereocenters. The lowest BCUT2D eigenvalue weighted by Gasteiger charge is -2.28. The summed E-state index contributed by atoms with van der Waals surface area (Å²) >= 11 is 6.06. The maximum Gasteiger partial charge on any atom is 0.255 e. The lowest BCUT2D eigenvalue weighted by Crippen LogP contribution is -2.42. The van der Waals surface area contributed by atoms with E-state index in [1.54, 1.807) is 24.8 Å². The van der Waals surface area contributed by atoms with Crippen LogP contribution in [0.15, 0.2) is 12.3 Å². The summed E-state index contributed by atoms with van der Waals surface area (Å²) in [5.74, 6) is 0.403. The number of carbonyl (C=O) groups is 1. The number of nitrogens with one attached hydrogen (secondary N) is 1. The van der Waals surface area contributed by atoms with E-state index in [-0.39, 0.29) is 12.5 Å². The first-order chi connectivity index (χ1) is 9.28. The number of carbonyl (C=O) groups excluding carboxylic acids is 1. The fourth-order valence-electron chi connectivity index (χ4n) is 1.85. The number of amides is 1. The Hall–Kier alpha value is -1.33. The molecule has 1 rings (SSSR count). The fourth-order valence-corrected chi connectivity index (χ4v) is 2.03. The highest BCUT2D eigenvalue weighted by atomic mass is 35.5. The molecular formula is C14H22ClN3O2. The molecule has 0 aliphatic carbocycles. The van der Waals surface area contributed by atoms with Crippen LogP contribution in [0.25, 0.3) is 0 Å². The number of likely N-dealkylation sites (N-methyl/N-ethyl adjacent to an activating group) is 1. The van der Waals surface area contributed by atoms with Crippen molar-refractivity contribution in [1.29, 1.82) is 0 Å². The minimum Gasteiger partial charge on any atom is -0.389 e. The molecular weight excluding hydrogens is 278 g/mol. The summed E-state index contributed by atoms with van der Waals surface area (Å²) in [6.07, 6.45) is 1.46. The smallest absolute Gasteiger partial charge is 0.255 e. The van der Waals surface area contributed by atoms with Crippen molar-refractivity contribution in [2.24, 2.45) is 0 Å². The Kier molecular flexibility index (Phi) is 5.77. The average Bonchev–Trinajstić information content (AvgIpc) is 2.36. The highest BCUT2D eigenvalue weighted by Crippen LogP contribution is 2.20. The largest absolute Gasteiger partial charge is 0.389 e. The van der Waals surface area contributed by atoms with Gasteiger partial charge in [-0.15, -0.1) is 0 Å². The first-order valence-electron chi connectivity index (χ1n) is 6.69. The third kappa shape index (κ3) is 4.65. The van der Waals surface area contributed by atoms with Crippen LogP contribution >= 0.6 is 11.6 Å². The van der Waals surface area contributed by atoms with Gasteiger partial charge < -0.3 is 15.3 Å². The first-order valence-corrected chi connectivity index (χ1v) is 7.07. The van der Waals surface area contributed by atoms with Gasteiger partial charge in [0.15, 0.2) is 0 Å². The number of aromatic nitrogens is 1. The zero-order valence-electron chi connectivity index (χ0n) is 12.4. The lowest BCUT2D eigenvalue weighted by molar-refractivity contribution is 0.0315. The molecule has 0 aliphatic rings. The molecule has 0 fully saturated rings. The van der Waals surface area contributed by atoms with Gasteiger partial charge in [0.25, 0.3) is 5.91 Å². The highest BCUT2D eigenvalue weighted by Gasteiger charge is 2.24. The van der Waals surface area contributed by atoms with Crippen molar-refractivity contribution in [2.75, 3.05) is 25.0 Å². The second-order valence-electron chi connectivity index (χ2n) is 5.21. The van der Waals surface area contributed by atoms with E-state index in [4.69, 9.17) is 11.6 Å². The van der Waals surface area contributed by atoms with Gasteiger partial charge in [-0.2, -0.15) is 0 Å². The van der Waals surface area contributed by atoms with Gasteiger partial charge in [0, 0.05) is 25.8 Å². The molecule has 0 aliphatic heterocycles. The summed E-state index contributed by atoms with van der Waals surface area (Å²) in [5.41, 5.74) is -0.556. The number of pyridine rings is 1. The van der Waals surface area contributed by atoms with E-state index in [9.17, 15) is 9.90 Å². The molecule has 20 heavy (non-hydrogen) atoms. The van der Waals surface area contributed by atoms with Crippen LogP contribution in [0.3, 0.4) is 0 Å². The molecule has 1 amide bonds. The monoisotopic (exact) mass is 299 g/mol. The van der Waals surface area contributed by atoms with E-state index >= 15 is 0 Å². The molecule has 0 saturated heterocycles. The Morgan fingerprint density at radius 3 is 2.65 bits per heavy atom. The average molecular weight is 300 g/mol. The summed E-state index contributed by atoms with van der Waals surface area (Å²) in [5, 5.41) is 13.2. The van der Waals surface area contributed by atoms with E-state index < -0.39 is 5.60 Å². The lowest BCUT2D eigenvalue weighted by atomic mass is 10.1. The van der Waals surface area contributed by atoms with E-state index in [1.165, 1.54) is 6.20 Å². The van der Waals surface area contributed by atoms with Gasteiger partial charge in [0.05, 0.1) is 16.2 Å². The van der Waals surface area contributed by atoms with Crippen LogP contribution in [0.1, 0.15) is 38.1 Å². The summed E-state index contributed by atoms with van der Waals surface area (Å²) in [6.45, 7) is 8.61. The van der Waals surface area contributed by atoms with E-state index in [1.807, 2.05) is 13.8 Å². The van der Waals surface area contributed by atoms with Crippen molar-refractivity contribution in [3.8, 4) is 0 Å². The molecule has 5 nitrogen and oxygen atoms in total. The highest BCUT2D eigenvalue weighted by molar-refractivity contribution is 6.33. The Morgan fingerprint density at radius 2 is 2.15 bits per heavy atom. The third-order valence-electron chi connectivity index (χ3n) is 2.69. The van der Waals surface area contributed by atoms with E-state index in [0.717, 1.165) is 0 Å². The molecule has 0 saturated carbocycles. The van der Waals surface area contributed by atoms with Crippen LogP contribution in [0.5, 0.6) is 0 Å². The number of halogens is 1. The normalized spacial score (nSPS) is 11.3. The molecule has 0 unspecified atom stereocenters. The first kappa shape index (κ1) is 16.7. The minimum atomic E-state index is -0.949.